The molecular formula is C29H32BrN3O3S. The number of likely N-dealkylation sites (tertiary alicyclic amines) is 1. The first-order valence-corrected chi connectivity index (χ1v) is 13.9. The zero-order valence-corrected chi connectivity index (χ0v) is 23.8. The average Bonchev–Trinajstić information content (AvgIpc) is 3.27. The summed E-state index contributed by atoms with van der Waals surface area (Å²) in [6.07, 6.45) is 6.94. The molecule has 0 spiro atoms. The summed E-state index contributed by atoms with van der Waals surface area (Å²) in [5.41, 5.74) is 2.31. The third-order valence-corrected chi connectivity index (χ3v) is 8.21. The number of amides is 1. The number of allylic oxidation sites excluding steroid dienone is 3. The van der Waals surface area contributed by atoms with Crippen molar-refractivity contribution in [2.45, 2.75) is 19.0 Å². The Hall–Kier alpha value is -2.81. The summed E-state index contributed by atoms with van der Waals surface area (Å²) in [4.78, 5) is 20.7. The van der Waals surface area contributed by atoms with Gasteiger partial charge in [-0.1, -0.05) is 76.8 Å². The van der Waals surface area contributed by atoms with Crippen LogP contribution in [0.15, 0.2) is 88.4 Å². The highest BCUT2D eigenvalue weighted by molar-refractivity contribution is 9.10. The number of halogens is 1. The average molecular weight is 583 g/mol. The van der Waals surface area contributed by atoms with Gasteiger partial charge in [-0.15, -0.1) is 0 Å². The van der Waals surface area contributed by atoms with Crippen LogP contribution in [-0.4, -0.2) is 49.0 Å². The van der Waals surface area contributed by atoms with Gasteiger partial charge in [0.15, 0.2) is 5.17 Å². The summed E-state index contributed by atoms with van der Waals surface area (Å²) in [5, 5.41) is 3.69. The molecule has 1 N–H and O–H groups in total. The Kier molecular flexibility index (Phi) is 8.95. The molecule has 1 saturated heterocycles. The van der Waals surface area contributed by atoms with Gasteiger partial charge in [-0.05, 0) is 30.7 Å². The summed E-state index contributed by atoms with van der Waals surface area (Å²) in [5.74, 6) is 2.53. The molecule has 6 nitrogen and oxygen atoms in total. The molecule has 1 fully saturated rings. The number of carbonyl (C=O) groups excluding carboxylic acids is 1. The second-order valence-corrected chi connectivity index (χ2v) is 10.9. The van der Waals surface area contributed by atoms with Crippen LogP contribution in [0.3, 0.4) is 0 Å². The Balaban J connectivity index is 1.66. The SMILES string of the molecule is C=C/C=C(\C=C/C)C(=O)NC1=N[C@@]2(c3cccc(Br)c3)CN(Cc3ccc(OC)cc3OC)C[C@H]2CS1. The van der Waals surface area contributed by atoms with Crippen molar-refractivity contribution in [3.63, 3.8) is 0 Å². The normalized spacial score (nSPS) is 21.9. The van der Waals surface area contributed by atoms with E-state index in [9.17, 15) is 4.79 Å². The van der Waals surface area contributed by atoms with E-state index in [4.69, 9.17) is 14.5 Å². The molecule has 2 heterocycles. The second kappa shape index (κ2) is 12.2. The number of thioether (sulfide) groups is 1. The monoisotopic (exact) mass is 581 g/mol. The predicted molar refractivity (Wildman–Crippen MR) is 155 cm³/mol. The molecule has 2 aliphatic heterocycles. The van der Waals surface area contributed by atoms with Crippen LogP contribution in [0.25, 0.3) is 0 Å². The highest BCUT2D eigenvalue weighted by Gasteiger charge is 2.50. The molecule has 0 bridgehead atoms. The molecule has 0 aromatic heterocycles. The molecular weight excluding hydrogens is 550 g/mol. The number of fused-ring (bicyclic) bond motifs is 1. The number of hydrogen-bond acceptors (Lipinski definition) is 6. The highest BCUT2D eigenvalue weighted by atomic mass is 79.9. The van der Waals surface area contributed by atoms with Crippen molar-refractivity contribution >= 4 is 38.8 Å². The maximum atomic E-state index is 13.0. The number of aliphatic imine (C=N–C) groups is 1. The Bertz CT molecular complexity index is 1260. The lowest BCUT2D eigenvalue weighted by Gasteiger charge is -2.36. The lowest BCUT2D eigenvalue weighted by molar-refractivity contribution is -0.115. The first kappa shape index (κ1) is 27.2. The van der Waals surface area contributed by atoms with Crippen molar-refractivity contribution in [2.75, 3.05) is 33.1 Å². The van der Waals surface area contributed by atoms with Gasteiger partial charge in [-0.25, -0.2) is 4.99 Å². The summed E-state index contributed by atoms with van der Waals surface area (Å²) in [6, 6.07) is 14.3. The second-order valence-electron chi connectivity index (χ2n) is 9.02. The van der Waals surface area contributed by atoms with E-state index < -0.39 is 5.54 Å². The van der Waals surface area contributed by atoms with E-state index >= 15 is 0 Å². The molecule has 2 aromatic rings. The smallest absolute Gasteiger partial charge is 0.257 e. The van der Waals surface area contributed by atoms with Crippen molar-refractivity contribution < 1.29 is 14.3 Å². The molecule has 2 aromatic carbocycles. The summed E-state index contributed by atoms with van der Waals surface area (Å²) < 4.78 is 12.0. The van der Waals surface area contributed by atoms with Gasteiger partial charge in [0.05, 0.1) is 14.2 Å². The van der Waals surface area contributed by atoms with Crippen LogP contribution in [-0.2, 0) is 16.9 Å². The van der Waals surface area contributed by atoms with Crippen LogP contribution < -0.4 is 14.8 Å². The van der Waals surface area contributed by atoms with Crippen LogP contribution in [0.2, 0.25) is 0 Å². The maximum absolute atomic E-state index is 13.0. The fourth-order valence-corrected chi connectivity index (χ4v) is 6.48. The molecule has 8 heteroatoms. The Morgan fingerprint density at radius 2 is 2.14 bits per heavy atom. The van der Waals surface area contributed by atoms with Crippen LogP contribution >= 0.6 is 27.7 Å². The van der Waals surface area contributed by atoms with E-state index in [1.165, 1.54) is 0 Å². The van der Waals surface area contributed by atoms with E-state index in [1.54, 1.807) is 44.2 Å². The highest BCUT2D eigenvalue weighted by Crippen LogP contribution is 2.46. The van der Waals surface area contributed by atoms with E-state index in [1.807, 2.05) is 37.3 Å². The topological polar surface area (TPSA) is 63.2 Å². The Morgan fingerprint density at radius 3 is 2.84 bits per heavy atom. The van der Waals surface area contributed by atoms with E-state index in [0.717, 1.165) is 52.5 Å². The van der Waals surface area contributed by atoms with E-state index in [0.29, 0.717) is 10.7 Å². The number of amidine groups is 1. The van der Waals surface area contributed by atoms with Gasteiger partial charge in [0.25, 0.3) is 5.91 Å². The van der Waals surface area contributed by atoms with Crippen molar-refractivity contribution in [3.05, 3.63) is 94.5 Å². The van der Waals surface area contributed by atoms with Crippen LogP contribution in [0, 0.1) is 5.92 Å². The van der Waals surface area contributed by atoms with Gasteiger partial charge in [0.2, 0.25) is 0 Å². The lowest BCUT2D eigenvalue weighted by atomic mass is 9.82. The number of nitrogens with one attached hydrogen (secondary N) is 1. The van der Waals surface area contributed by atoms with Gasteiger partial charge in [-0.3, -0.25) is 9.69 Å². The maximum Gasteiger partial charge on any atom is 0.257 e. The number of nitrogens with zero attached hydrogens (tertiary/aromatic N) is 2. The van der Waals surface area contributed by atoms with Gasteiger partial charge >= 0.3 is 0 Å². The zero-order chi connectivity index (χ0) is 26.4. The quantitative estimate of drug-likeness (QED) is 0.320. The minimum Gasteiger partial charge on any atom is -0.497 e. The number of hydrogen-bond donors (Lipinski definition) is 1. The molecule has 0 radical (unpaired) electrons. The molecule has 37 heavy (non-hydrogen) atoms. The number of methoxy groups -OCH3 is 2. The van der Waals surface area contributed by atoms with Crippen LogP contribution in [0.4, 0.5) is 0 Å². The fourth-order valence-electron chi connectivity index (χ4n) is 4.95. The van der Waals surface area contributed by atoms with Crippen LogP contribution in [0.5, 0.6) is 11.5 Å². The van der Waals surface area contributed by atoms with Crippen molar-refractivity contribution in [3.8, 4) is 11.5 Å². The van der Waals surface area contributed by atoms with Gasteiger partial charge in [-0.2, -0.15) is 0 Å². The number of carbonyl (C=O) groups is 1. The first-order chi connectivity index (χ1) is 17.9. The van der Waals surface area contributed by atoms with Crippen LogP contribution in [0.1, 0.15) is 18.1 Å². The minimum absolute atomic E-state index is 0.190. The molecule has 4 rings (SSSR count). The van der Waals surface area contributed by atoms with Crippen molar-refractivity contribution in [1.82, 2.24) is 10.2 Å². The molecule has 0 unspecified atom stereocenters. The van der Waals surface area contributed by atoms with Gasteiger partial charge in [0.1, 0.15) is 17.0 Å². The summed E-state index contributed by atoms with van der Waals surface area (Å²) in [6.45, 7) is 7.96. The lowest BCUT2D eigenvalue weighted by Crippen LogP contribution is -2.42. The third kappa shape index (κ3) is 6.03. The van der Waals surface area contributed by atoms with Crippen molar-refractivity contribution in [1.29, 1.82) is 0 Å². The molecule has 2 atom stereocenters. The molecule has 2 aliphatic rings. The summed E-state index contributed by atoms with van der Waals surface area (Å²) in [7, 11) is 3.34. The van der Waals surface area contributed by atoms with E-state index in [-0.39, 0.29) is 11.8 Å². The zero-order valence-electron chi connectivity index (χ0n) is 21.4. The van der Waals surface area contributed by atoms with E-state index in [2.05, 4.69) is 50.9 Å². The molecule has 1 amide bonds. The number of rotatable bonds is 8. The van der Waals surface area contributed by atoms with Gasteiger partial charge < -0.3 is 14.8 Å². The minimum atomic E-state index is -0.472. The molecule has 0 saturated carbocycles. The summed E-state index contributed by atoms with van der Waals surface area (Å²) >= 11 is 5.24. The largest absolute Gasteiger partial charge is 0.497 e. The molecule has 0 aliphatic carbocycles. The molecule has 194 valence electrons. The Morgan fingerprint density at radius 1 is 1.30 bits per heavy atom. The van der Waals surface area contributed by atoms with Gasteiger partial charge in [0, 0.05) is 53.0 Å². The number of benzene rings is 2. The number of ether oxygens (including phenoxy) is 2. The first-order valence-electron chi connectivity index (χ1n) is 12.1. The third-order valence-electron chi connectivity index (χ3n) is 6.68. The van der Waals surface area contributed by atoms with Crippen molar-refractivity contribution in [2.24, 2.45) is 10.9 Å². The Labute approximate surface area is 231 Å². The fraction of sp³-hybridized carbons (Fsp3) is 0.310. The standard InChI is InChI=1S/C29H32BrN3O3S/c1-5-8-20(9-6-2)27(34)31-28-32-29(22-10-7-11-24(30)14-22)19-33(17-23(29)18-37-28)16-21-12-13-25(35-3)15-26(21)36-4/h5-15,23H,1,16-19H2,2-4H3,(H,31,32,34)/b9-6-,20-8+/t23-,29+/m0/s1. The predicted octanol–water partition coefficient (Wildman–Crippen LogP) is 5.70.